The first-order valence-electron chi connectivity index (χ1n) is 8.69. The van der Waals surface area contributed by atoms with E-state index in [1.165, 1.54) is 0 Å². The Morgan fingerprint density at radius 1 is 1.33 bits per heavy atom. The molecule has 0 N–H and O–H groups in total. The monoisotopic (exact) mass is 384 g/mol. The maximum Gasteiger partial charge on any atom is 0.311 e. The minimum Gasteiger partial charge on any atom is -0.466 e. The van der Waals surface area contributed by atoms with Crippen LogP contribution in [0.15, 0.2) is 46.9 Å². The Hall–Kier alpha value is -2.86. The van der Waals surface area contributed by atoms with Crippen molar-refractivity contribution >= 4 is 40.3 Å². The zero-order valence-corrected chi connectivity index (χ0v) is 15.4. The van der Waals surface area contributed by atoms with Crippen molar-refractivity contribution in [3.05, 3.63) is 47.5 Å². The number of nitrogens with zero attached hydrogens (tertiary/aromatic N) is 2. The normalized spacial score (nSPS) is 16.9. The van der Waals surface area contributed by atoms with E-state index >= 15 is 0 Å². The molecule has 6 nitrogen and oxygen atoms in total. The lowest BCUT2D eigenvalue weighted by Gasteiger charge is -2.16. The van der Waals surface area contributed by atoms with Gasteiger partial charge in [-0.15, -0.1) is 0 Å². The molecule has 0 aliphatic carbocycles. The van der Waals surface area contributed by atoms with Gasteiger partial charge >= 0.3 is 5.97 Å². The van der Waals surface area contributed by atoms with E-state index in [1.54, 1.807) is 36.1 Å². The van der Waals surface area contributed by atoms with Crippen molar-refractivity contribution in [3.8, 4) is 11.5 Å². The van der Waals surface area contributed by atoms with Crippen molar-refractivity contribution in [2.24, 2.45) is 5.92 Å². The number of ether oxygens (including phenoxy) is 1. The summed E-state index contributed by atoms with van der Waals surface area (Å²) in [6.45, 7) is 2.36. The van der Waals surface area contributed by atoms with E-state index in [1.807, 2.05) is 18.2 Å². The lowest BCUT2D eigenvalue weighted by molar-refractivity contribution is -0.147. The van der Waals surface area contributed by atoms with E-state index in [0.29, 0.717) is 46.4 Å². The zero-order chi connectivity index (χ0) is 19.0. The van der Waals surface area contributed by atoms with Gasteiger partial charge in [-0.05, 0) is 37.3 Å². The molecule has 1 fully saturated rings. The molecule has 1 aliphatic rings. The average Bonchev–Trinajstić information content (AvgIpc) is 3.25. The highest BCUT2D eigenvalue weighted by molar-refractivity contribution is 6.33. The van der Waals surface area contributed by atoms with Gasteiger partial charge in [0, 0.05) is 18.7 Å². The van der Waals surface area contributed by atoms with Crippen molar-refractivity contribution in [2.75, 3.05) is 18.1 Å². The number of oxazole rings is 1. The summed E-state index contributed by atoms with van der Waals surface area (Å²) < 4.78 is 10.8. The van der Waals surface area contributed by atoms with Crippen molar-refractivity contribution in [1.82, 2.24) is 4.98 Å². The van der Waals surface area contributed by atoms with Crippen molar-refractivity contribution in [1.29, 1.82) is 0 Å². The molecule has 1 aromatic heterocycles. The molecule has 1 aliphatic heterocycles. The molecule has 0 unspecified atom stereocenters. The Balaban J connectivity index is 1.63. The summed E-state index contributed by atoms with van der Waals surface area (Å²) in [7, 11) is 0. The van der Waals surface area contributed by atoms with E-state index in [9.17, 15) is 9.59 Å². The van der Waals surface area contributed by atoms with Crippen LogP contribution in [0.3, 0.4) is 0 Å². The smallest absolute Gasteiger partial charge is 0.311 e. The Labute approximate surface area is 160 Å². The number of benzene rings is 2. The van der Waals surface area contributed by atoms with Gasteiger partial charge < -0.3 is 14.1 Å². The minimum absolute atomic E-state index is 0.109. The van der Waals surface area contributed by atoms with Gasteiger partial charge in [-0.2, -0.15) is 0 Å². The first kappa shape index (κ1) is 17.5. The van der Waals surface area contributed by atoms with Crippen LogP contribution >= 0.6 is 11.6 Å². The fourth-order valence-corrected chi connectivity index (χ4v) is 3.43. The van der Waals surface area contributed by atoms with Gasteiger partial charge in [-0.25, -0.2) is 4.98 Å². The molecular formula is C20H17ClN2O4. The average molecular weight is 385 g/mol. The van der Waals surface area contributed by atoms with E-state index in [-0.39, 0.29) is 18.3 Å². The highest BCUT2D eigenvalue weighted by atomic mass is 35.5. The number of esters is 1. The molecule has 138 valence electrons. The number of anilines is 1. The molecule has 0 spiro atoms. The van der Waals surface area contributed by atoms with Crippen LogP contribution in [0.25, 0.3) is 22.6 Å². The molecule has 7 heteroatoms. The van der Waals surface area contributed by atoms with Gasteiger partial charge in [0.15, 0.2) is 5.58 Å². The summed E-state index contributed by atoms with van der Waals surface area (Å²) in [5.41, 5.74) is 2.60. The van der Waals surface area contributed by atoms with Crippen LogP contribution in [0.5, 0.6) is 0 Å². The van der Waals surface area contributed by atoms with Gasteiger partial charge in [0.2, 0.25) is 11.8 Å². The topological polar surface area (TPSA) is 72.6 Å². The van der Waals surface area contributed by atoms with Gasteiger partial charge in [0.05, 0.1) is 23.1 Å². The zero-order valence-electron chi connectivity index (χ0n) is 14.6. The van der Waals surface area contributed by atoms with Crippen LogP contribution in [-0.4, -0.2) is 30.0 Å². The second-order valence-corrected chi connectivity index (χ2v) is 6.72. The first-order chi connectivity index (χ1) is 13.1. The molecule has 4 rings (SSSR count). The van der Waals surface area contributed by atoms with Gasteiger partial charge in [0.25, 0.3) is 0 Å². The lowest BCUT2D eigenvalue weighted by Crippen LogP contribution is -2.26. The van der Waals surface area contributed by atoms with E-state index in [0.717, 1.165) is 0 Å². The largest absolute Gasteiger partial charge is 0.466 e. The summed E-state index contributed by atoms with van der Waals surface area (Å²) in [6, 6.07) is 12.6. The Morgan fingerprint density at radius 2 is 2.15 bits per heavy atom. The summed E-state index contributed by atoms with van der Waals surface area (Å²) in [5.74, 6) is -0.465. The molecule has 0 bridgehead atoms. The van der Waals surface area contributed by atoms with Crippen LogP contribution in [0, 0.1) is 5.92 Å². The fourth-order valence-electron chi connectivity index (χ4n) is 3.21. The van der Waals surface area contributed by atoms with Crippen molar-refractivity contribution < 1.29 is 18.7 Å². The van der Waals surface area contributed by atoms with E-state index < -0.39 is 5.92 Å². The van der Waals surface area contributed by atoms with Gasteiger partial charge in [0.1, 0.15) is 5.52 Å². The standard InChI is InChI=1S/C20H17ClN2O4/c1-2-26-20(25)12-9-18(24)23(11-12)13-7-8-17-16(10-13)22-19(27-17)14-5-3-4-6-15(14)21/h3-8,10,12H,2,9,11H2,1H3/t12-/m0/s1. The molecule has 1 saturated heterocycles. The summed E-state index contributed by atoms with van der Waals surface area (Å²) in [5, 5.41) is 0.552. The van der Waals surface area contributed by atoms with Gasteiger partial charge in [-0.1, -0.05) is 23.7 Å². The number of aromatic nitrogens is 1. The van der Waals surface area contributed by atoms with Crippen molar-refractivity contribution in [2.45, 2.75) is 13.3 Å². The molecule has 27 heavy (non-hydrogen) atoms. The summed E-state index contributed by atoms with van der Waals surface area (Å²) >= 11 is 6.22. The Kier molecular flexibility index (Phi) is 4.58. The molecule has 1 amide bonds. The maximum absolute atomic E-state index is 12.4. The van der Waals surface area contributed by atoms with Crippen LogP contribution < -0.4 is 4.90 Å². The molecule has 2 aromatic carbocycles. The number of fused-ring (bicyclic) bond motifs is 1. The van der Waals surface area contributed by atoms with Crippen LogP contribution in [0.4, 0.5) is 5.69 Å². The number of carbonyl (C=O) groups is 2. The quantitative estimate of drug-likeness (QED) is 0.634. The van der Waals surface area contributed by atoms with Crippen LogP contribution in [0.1, 0.15) is 13.3 Å². The fraction of sp³-hybridized carbons (Fsp3) is 0.250. The third kappa shape index (κ3) is 3.28. The number of carbonyl (C=O) groups excluding carboxylic acids is 2. The number of rotatable bonds is 4. The van der Waals surface area contributed by atoms with Crippen LogP contribution in [-0.2, 0) is 14.3 Å². The highest BCUT2D eigenvalue weighted by Crippen LogP contribution is 2.33. The maximum atomic E-state index is 12.4. The number of hydrogen-bond acceptors (Lipinski definition) is 5. The third-order valence-electron chi connectivity index (χ3n) is 4.53. The Morgan fingerprint density at radius 3 is 2.93 bits per heavy atom. The minimum atomic E-state index is -0.441. The predicted octanol–water partition coefficient (Wildman–Crippen LogP) is 4.06. The van der Waals surface area contributed by atoms with Crippen molar-refractivity contribution in [3.63, 3.8) is 0 Å². The van der Waals surface area contributed by atoms with Crippen LogP contribution in [0.2, 0.25) is 5.02 Å². The molecule has 0 radical (unpaired) electrons. The molecular weight excluding hydrogens is 368 g/mol. The lowest BCUT2D eigenvalue weighted by atomic mass is 10.1. The SMILES string of the molecule is CCOC(=O)[C@H]1CC(=O)N(c2ccc3oc(-c4ccccc4Cl)nc3c2)C1. The highest BCUT2D eigenvalue weighted by Gasteiger charge is 2.36. The predicted molar refractivity (Wildman–Crippen MR) is 102 cm³/mol. The molecule has 3 aromatic rings. The molecule has 2 heterocycles. The number of halogens is 1. The van der Waals surface area contributed by atoms with Gasteiger partial charge in [-0.3, -0.25) is 9.59 Å². The number of amides is 1. The second-order valence-electron chi connectivity index (χ2n) is 6.31. The summed E-state index contributed by atoms with van der Waals surface area (Å²) in [6.07, 6.45) is 0.153. The Bertz CT molecular complexity index is 1030. The van der Waals surface area contributed by atoms with E-state index in [2.05, 4.69) is 4.98 Å². The molecule has 0 saturated carbocycles. The first-order valence-corrected chi connectivity index (χ1v) is 9.07. The second kappa shape index (κ2) is 7.04. The number of hydrogen-bond donors (Lipinski definition) is 0. The third-order valence-corrected chi connectivity index (χ3v) is 4.86. The van der Waals surface area contributed by atoms with E-state index in [4.69, 9.17) is 20.8 Å². The molecule has 1 atom stereocenters. The summed E-state index contributed by atoms with van der Waals surface area (Å²) in [4.78, 5) is 30.4.